The Hall–Kier alpha value is -1.72. The third kappa shape index (κ3) is 3.43. The molecule has 1 aromatic heterocycles. The molecule has 1 N–H and O–H groups in total. The zero-order valence-electron chi connectivity index (χ0n) is 10.9. The number of hydrogen-bond acceptors (Lipinski definition) is 4. The van der Waals surface area contributed by atoms with Crippen molar-refractivity contribution in [2.24, 2.45) is 0 Å². The maximum atomic E-state index is 11.7. The topological polar surface area (TPSA) is 64.4 Å². The van der Waals surface area contributed by atoms with E-state index in [1.165, 1.54) is 0 Å². The maximum Gasteiger partial charge on any atom is 0.264 e. The molecule has 2 rings (SSSR count). The molecule has 5 nitrogen and oxygen atoms in total. The Morgan fingerprint density at radius 1 is 1.40 bits per heavy atom. The van der Waals surface area contributed by atoms with E-state index >= 15 is 0 Å². The van der Waals surface area contributed by atoms with Crippen molar-refractivity contribution in [3.05, 3.63) is 39.5 Å². The normalized spacial score (nSPS) is 10.4. The number of amides is 1. The molecule has 0 aliphatic rings. The Kier molecular flexibility index (Phi) is 4.52. The Morgan fingerprint density at radius 3 is 2.75 bits per heavy atom. The fourth-order valence-electron chi connectivity index (χ4n) is 1.43. The Bertz CT molecular complexity index is 641. The van der Waals surface area contributed by atoms with Crippen molar-refractivity contribution in [3.8, 4) is 5.75 Å². The van der Waals surface area contributed by atoms with Crippen molar-refractivity contribution in [2.45, 2.75) is 13.8 Å². The van der Waals surface area contributed by atoms with E-state index in [0.29, 0.717) is 21.7 Å². The molecule has 2 aromatic rings. The predicted molar refractivity (Wildman–Crippen MR) is 76.6 cm³/mol. The van der Waals surface area contributed by atoms with Gasteiger partial charge in [0, 0.05) is 10.6 Å². The zero-order valence-corrected chi connectivity index (χ0v) is 12.4. The van der Waals surface area contributed by atoms with E-state index in [1.807, 2.05) is 0 Å². The molecule has 106 valence electrons. The molecule has 0 fully saturated rings. The molecule has 0 aliphatic carbocycles. The van der Waals surface area contributed by atoms with Crippen LogP contribution >= 0.6 is 23.2 Å². The van der Waals surface area contributed by atoms with Crippen molar-refractivity contribution in [2.75, 3.05) is 11.9 Å². The van der Waals surface area contributed by atoms with Crippen LogP contribution in [0.4, 0.5) is 5.88 Å². The van der Waals surface area contributed by atoms with Crippen LogP contribution in [0.15, 0.2) is 22.7 Å². The Balaban J connectivity index is 1.94. The van der Waals surface area contributed by atoms with Crippen LogP contribution in [0.25, 0.3) is 0 Å². The van der Waals surface area contributed by atoms with E-state index in [1.54, 1.807) is 32.0 Å². The van der Waals surface area contributed by atoms with Gasteiger partial charge in [-0.05, 0) is 32.0 Å². The first kappa shape index (κ1) is 14.7. The van der Waals surface area contributed by atoms with Gasteiger partial charge < -0.3 is 9.26 Å². The number of benzene rings is 1. The van der Waals surface area contributed by atoms with Gasteiger partial charge >= 0.3 is 0 Å². The first-order valence-electron chi connectivity index (χ1n) is 5.78. The summed E-state index contributed by atoms with van der Waals surface area (Å²) in [5, 5.41) is 7.16. The summed E-state index contributed by atoms with van der Waals surface area (Å²) < 4.78 is 10.3. The molecule has 0 spiro atoms. The molecule has 0 radical (unpaired) electrons. The monoisotopic (exact) mass is 314 g/mol. The fraction of sp³-hybridized carbons (Fsp3) is 0.231. The van der Waals surface area contributed by atoms with E-state index in [-0.39, 0.29) is 12.5 Å². The lowest BCUT2D eigenvalue weighted by Crippen LogP contribution is -2.20. The fourth-order valence-corrected chi connectivity index (χ4v) is 1.89. The molecule has 0 saturated carbocycles. The Morgan fingerprint density at radius 2 is 2.15 bits per heavy atom. The molecular weight excluding hydrogens is 303 g/mol. The summed E-state index contributed by atoms with van der Waals surface area (Å²) in [6.07, 6.45) is 0. The molecule has 1 aromatic carbocycles. The van der Waals surface area contributed by atoms with Gasteiger partial charge in [0.05, 0.1) is 10.7 Å². The van der Waals surface area contributed by atoms with Crippen LogP contribution < -0.4 is 10.1 Å². The molecular formula is C13H12Cl2N2O3. The number of aromatic nitrogens is 1. The highest BCUT2D eigenvalue weighted by molar-refractivity contribution is 6.35. The van der Waals surface area contributed by atoms with Gasteiger partial charge in [0.25, 0.3) is 5.91 Å². The number of ether oxygens (including phenoxy) is 1. The summed E-state index contributed by atoms with van der Waals surface area (Å²) in [5.41, 5.74) is 1.50. The Labute approximate surface area is 125 Å². The molecule has 1 amide bonds. The van der Waals surface area contributed by atoms with Crippen LogP contribution in [0.5, 0.6) is 5.75 Å². The lowest BCUT2D eigenvalue weighted by molar-refractivity contribution is -0.118. The number of aryl methyl sites for hydroxylation is 1. The highest BCUT2D eigenvalue weighted by atomic mass is 35.5. The van der Waals surface area contributed by atoms with Crippen molar-refractivity contribution in [1.29, 1.82) is 0 Å². The van der Waals surface area contributed by atoms with Crippen LogP contribution in [0.3, 0.4) is 0 Å². The first-order chi connectivity index (χ1) is 9.47. The van der Waals surface area contributed by atoms with Gasteiger partial charge in [0.1, 0.15) is 5.75 Å². The molecule has 0 unspecified atom stereocenters. The zero-order chi connectivity index (χ0) is 14.7. The number of halogens is 2. The van der Waals surface area contributed by atoms with Gasteiger partial charge in [-0.15, -0.1) is 0 Å². The second kappa shape index (κ2) is 6.15. The minimum absolute atomic E-state index is 0.194. The van der Waals surface area contributed by atoms with Crippen LogP contribution in [-0.2, 0) is 4.79 Å². The SMILES string of the molecule is Cc1noc(NC(=O)COc2ccc(Cl)cc2Cl)c1C. The van der Waals surface area contributed by atoms with Gasteiger partial charge in [0.15, 0.2) is 6.61 Å². The third-order valence-electron chi connectivity index (χ3n) is 2.66. The van der Waals surface area contributed by atoms with E-state index in [0.717, 1.165) is 11.3 Å². The minimum Gasteiger partial charge on any atom is -0.482 e. The minimum atomic E-state index is -0.365. The average molecular weight is 315 g/mol. The molecule has 1 heterocycles. The van der Waals surface area contributed by atoms with Gasteiger partial charge in [-0.3, -0.25) is 10.1 Å². The highest BCUT2D eigenvalue weighted by Crippen LogP contribution is 2.27. The lowest BCUT2D eigenvalue weighted by Gasteiger charge is -2.07. The number of carbonyl (C=O) groups is 1. The number of carbonyl (C=O) groups excluding carboxylic acids is 1. The summed E-state index contributed by atoms with van der Waals surface area (Å²) in [7, 11) is 0. The standard InChI is InChI=1S/C13H12Cl2N2O3/c1-7-8(2)17-20-13(7)16-12(18)6-19-11-4-3-9(14)5-10(11)15/h3-5H,6H2,1-2H3,(H,16,18). The van der Waals surface area contributed by atoms with E-state index in [2.05, 4.69) is 10.5 Å². The number of rotatable bonds is 4. The molecule has 0 aliphatic heterocycles. The number of nitrogens with zero attached hydrogens (tertiary/aromatic N) is 1. The van der Waals surface area contributed by atoms with Gasteiger partial charge in [-0.1, -0.05) is 28.4 Å². The number of hydrogen-bond donors (Lipinski definition) is 1. The molecule has 0 bridgehead atoms. The molecule has 0 atom stereocenters. The van der Waals surface area contributed by atoms with Gasteiger partial charge in [-0.2, -0.15) is 0 Å². The summed E-state index contributed by atoms with van der Waals surface area (Å²) >= 11 is 11.7. The lowest BCUT2D eigenvalue weighted by atomic mass is 10.3. The number of nitrogens with one attached hydrogen (secondary N) is 1. The summed E-state index contributed by atoms with van der Waals surface area (Å²) in [6.45, 7) is 3.40. The number of anilines is 1. The largest absolute Gasteiger partial charge is 0.482 e. The van der Waals surface area contributed by atoms with Crippen LogP contribution in [-0.4, -0.2) is 17.7 Å². The van der Waals surface area contributed by atoms with Crippen LogP contribution in [0.1, 0.15) is 11.3 Å². The third-order valence-corrected chi connectivity index (χ3v) is 3.19. The van der Waals surface area contributed by atoms with E-state index in [4.69, 9.17) is 32.5 Å². The van der Waals surface area contributed by atoms with Crippen molar-refractivity contribution in [3.63, 3.8) is 0 Å². The van der Waals surface area contributed by atoms with Gasteiger partial charge in [-0.25, -0.2) is 0 Å². The van der Waals surface area contributed by atoms with Gasteiger partial charge in [0.2, 0.25) is 5.88 Å². The average Bonchev–Trinajstić information content (AvgIpc) is 2.70. The molecule has 20 heavy (non-hydrogen) atoms. The van der Waals surface area contributed by atoms with E-state index < -0.39 is 0 Å². The summed E-state index contributed by atoms with van der Waals surface area (Å²) in [6, 6.07) is 4.77. The quantitative estimate of drug-likeness (QED) is 0.936. The van der Waals surface area contributed by atoms with E-state index in [9.17, 15) is 4.79 Å². The van der Waals surface area contributed by atoms with Crippen molar-refractivity contribution < 1.29 is 14.1 Å². The molecule has 0 saturated heterocycles. The second-order valence-corrected chi connectivity index (χ2v) is 4.98. The first-order valence-corrected chi connectivity index (χ1v) is 6.53. The van der Waals surface area contributed by atoms with Crippen molar-refractivity contribution in [1.82, 2.24) is 5.16 Å². The predicted octanol–water partition coefficient (Wildman–Crippen LogP) is 3.62. The summed E-state index contributed by atoms with van der Waals surface area (Å²) in [5.74, 6) is 0.338. The van der Waals surface area contributed by atoms with Crippen LogP contribution in [0, 0.1) is 13.8 Å². The maximum absolute atomic E-state index is 11.7. The molecule has 7 heteroatoms. The smallest absolute Gasteiger partial charge is 0.264 e. The highest BCUT2D eigenvalue weighted by Gasteiger charge is 2.12. The summed E-state index contributed by atoms with van der Waals surface area (Å²) in [4.78, 5) is 11.7. The second-order valence-electron chi connectivity index (χ2n) is 4.13. The van der Waals surface area contributed by atoms with Crippen molar-refractivity contribution >= 4 is 35.0 Å². The van der Waals surface area contributed by atoms with Crippen LogP contribution in [0.2, 0.25) is 10.0 Å².